The lowest BCUT2D eigenvalue weighted by Gasteiger charge is -2.28. The smallest absolute Gasteiger partial charge is 0.222 e. The van der Waals surface area contributed by atoms with E-state index < -0.39 is 0 Å². The topological polar surface area (TPSA) is 76.1 Å². The van der Waals surface area contributed by atoms with Gasteiger partial charge < -0.3 is 15.4 Å². The van der Waals surface area contributed by atoms with E-state index >= 15 is 0 Å². The lowest BCUT2D eigenvalue weighted by atomic mass is 9.95. The van der Waals surface area contributed by atoms with Crippen molar-refractivity contribution in [1.82, 2.24) is 15.3 Å². The first-order chi connectivity index (χ1) is 11.6. The van der Waals surface area contributed by atoms with Gasteiger partial charge >= 0.3 is 0 Å². The predicted molar refractivity (Wildman–Crippen MR) is 92.1 cm³/mol. The van der Waals surface area contributed by atoms with E-state index in [4.69, 9.17) is 4.74 Å². The molecule has 0 saturated carbocycles. The van der Waals surface area contributed by atoms with Crippen LogP contribution < -0.4 is 15.4 Å². The maximum absolute atomic E-state index is 12.2. The molecule has 0 saturated heterocycles. The normalized spacial score (nSPS) is 16.0. The summed E-state index contributed by atoms with van der Waals surface area (Å²) >= 11 is 0. The van der Waals surface area contributed by atoms with Gasteiger partial charge in [-0.25, -0.2) is 9.97 Å². The van der Waals surface area contributed by atoms with Gasteiger partial charge in [-0.1, -0.05) is 17.7 Å². The van der Waals surface area contributed by atoms with Crippen LogP contribution in [0.3, 0.4) is 0 Å². The third kappa shape index (κ3) is 3.82. The fourth-order valence-electron chi connectivity index (χ4n) is 2.97. The van der Waals surface area contributed by atoms with Crippen LogP contribution in [-0.2, 0) is 4.79 Å². The van der Waals surface area contributed by atoms with Gasteiger partial charge in [0.15, 0.2) is 0 Å². The Bertz CT molecular complexity index is 718. The fraction of sp³-hybridized carbons (Fsp3) is 0.389. The van der Waals surface area contributed by atoms with Crippen molar-refractivity contribution in [3.8, 4) is 5.75 Å². The number of hydrogen-bond donors (Lipinski definition) is 2. The zero-order chi connectivity index (χ0) is 16.9. The molecule has 1 aliphatic rings. The van der Waals surface area contributed by atoms with Crippen molar-refractivity contribution in [1.29, 1.82) is 0 Å². The van der Waals surface area contributed by atoms with Gasteiger partial charge in [-0.05, 0) is 25.5 Å². The largest absolute Gasteiger partial charge is 0.493 e. The Morgan fingerprint density at radius 3 is 2.88 bits per heavy atom. The van der Waals surface area contributed by atoms with E-state index in [1.165, 1.54) is 5.56 Å². The molecule has 0 spiro atoms. The van der Waals surface area contributed by atoms with Gasteiger partial charge in [0, 0.05) is 37.3 Å². The molecule has 24 heavy (non-hydrogen) atoms. The van der Waals surface area contributed by atoms with E-state index in [0.29, 0.717) is 25.5 Å². The van der Waals surface area contributed by atoms with Gasteiger partial charge in [-0.15, -0.1) is 0 Å². The van der Waals surface area contributed by atoms with E-state index in [-0.39, 0.29) is 11.9 Å². The van der Waals surface area contributed by atoms with Crippen LogP contribution >= 0.6 is 0 Å². The number of amides is 1. The third-order valence-electron chi connectivity index (χ3n) is 4.01. The van der Waals surface area contributed by atoms with Crippen molar-refractivity contribution >= 4 is 11.9 Å². The number of aryl methyl sites for hydroxylation is 2. The molecule has 2 N–H and O–H groups in total. The van der Waals surface area contributed by atoms with Gasteiger partial charge in [-0.2, -0.15) is 0 Å². The summed E-state index contributed by atoms with van der Waals surface area (Å²) in [5.74, 6) is 1.45. The molecule has 1 aliphatic heterocycles. The average molecular weight is 326 g/mol. The Morgan fingerprint density at radius 1 is 1.29 bits per heavy atom. The molecule has 0 unspecified atom stereocenters. The van der Waals surface area contributed by atoms with Crippen LogP contribution in [-0.4, -0.2) is 29.0 Å². The summed E-state index contributed by atoms with van der Waals surface area (Å²) in [4.78, 5) is 20.4. The van der Waals surface area contributed by atoms with E-state index in [1.807, 2.05) is 6.92 Å². The summed E-state index contributed by atoms with van der Waals surface area (Å²) in [6.45, 7) is 5.22. The van der Waals surface area contributed by atoms with E-state index in [2.05, 4.69) is 39.7 Å². The molecule has 2 aromatic rings. The number of nitrogens with zero attached hydrogens (tertiary/aromatic N) is 2. The highest BCUT2D eigenvalue weighted by Gasteiger charge is 2.24. The van der Waals surface area contributed by atoms with Gasteiger partial charge in [0.2, 0.25) is 11.9 Å². The van der Waals surface area contributed by atoms with Crippen LogP contribution in [0.5, 0.6) is 5.75 Å². The number of rotatable bonds is 5. The average Bonchev–Trinajstić information content (AvgIpc) is 2.56. The molecule has 0 radical (unpaired) electrons. The number of anilines is 1. The summed E-state index contributed by atoms with van der Waals surface area (Å²) in [6.07, 6.45) is 4.49. The van der Waals surface area contributed by atoms with Gasteiger partial charge in [0.25, 0.3) is 0 Å². The lowest BCUT2D eigenvalue weighted by molar-refractivity contribution is -0.121. The number of ether oxygens (including phenoxy) is 1. The van der Waals surface area contributed by atoms with Crippen molar-refractivity contribution < 1.29 is 9.53 Å². The van der Waals surface area contributed by atoms with Crippen molar-refractivity contribution in [2.45, 2.75) is 32.7 Å². The van der Waals surface area contributed by atoms with Crippen LogP contribution in [0.1, 0.15) is 35.6 Å². The summed E-state index contributed by atoms with van der Waals surface area (Å²) in [7, 11) is 0. The molecule has 6 nitrogen and oxygen atoms in total. The molecule has 0 bridgehead atoms. The molecule has 6 heteroatoms. The number of nitrogens with one attached hydrogen (secondary N) is 2. The first-order valence-corrected chi connectivity index (χ1v) is 8.17. The van der Waals surface area contributed by atoms with Crippen molar-refractivity contribution in [3.05, 3.63) is 47.3 Å². The van der Waals surface area contributed by atoms with Crippen LogP contribution in [0.2, 0.25) is 0 Å². The van der Waals surface area contributed by atoms with Crippen LogP contribution in [0, 0.1) is 13.8 Å². The Balaban J connectivity index is 1.58. The number of aromatic nitrogens is 2. The molecule has 1 aromatic heterocycles. The number of carbonyl (C=O) groups is 1. The first kappa shape index (κ1) is 16.2. The molecule has 1 amide bonds. The van der Waals surface area contributed by atoms with E-state index in [0.717, 1.165) is 23.3 Å². The Hall–Kier alpha value is -2.63. The minimum Gasteiger partial charge on any atom is -0.493 e. The molecular formula is C18H22N4O2. The molecule has 0 aliphatic carbocycles. The molecule has 126 valence electrons. The highest BCUT2D eigenvalue weighted by molar-refractivity contribution is 5.77. The van der Waals surface area contributed by atoms with Crippen molar-refractivity contribution in [3.63, 3.8) is 0 Å². The molecular weight excluding hydrogens is 304 g/mol. The number of benzene rings is 1. The van der Waals surface area contributed by atoms with Crippen LogP contribution in [0.15, 0.2) is 30.6 Å². The second-order valence-corrected chi connectivity index (χ2v) is 6.01. The van der Waals surface area contributed by atoms with Gasteiger partial charge in [0.05, 0.1) is 12.6 Å². The molecule has 2 heterocycles. The maximum atomic E-state index is 12.2. The van der Waals surface area contributed by atoms with Crippen LogP contribution in [0.4, 0.5) is 5.95 Å². The van der Waals surface area contributed by atoms with Crippen molar-refractivity contribution in [2.24, 2.45) is 0 Å². The first-order valence-electron chi connectivity index (χ1n) is 8.17. The summed E-state index contributed by atoms with van der Waals surface area (Å²) in [6, 6.07) is 5.97. The second-order valence-electron chi connectivity index (χ2n) is 6.01. The predicted octanol–water partition coefficient (Wildman–Crippen LogP) is 2.54. The lowest BCUT2D eigenvalue weighted by Crippen LogP contribution is -2.33. The summed E-state index contributed by atoms with van der Waals surface area (Å²) in [5, 5.41) is 6.16. The summed E-state index contributed by atoms with van der Waals surface area (Å²) < 4.78 is 5.78. The highest BCUT2D eigenvalue weighted by atomic mass is 16.5. The second kappa shape index (κ2) is 7.29. The van der Waals surface area contributed by atoms with Crippen LogP contribution in [0.25, 0.3) is 0 Å². The van der Waals surface area contributed by atoms with Gasteiger partial charge in [-0.3, -0.25) is 4.79 Å². The van der Waals surface area contributed by atoms with E-state index in [9.17, 15) is 4.79 Å². The SMILES string of the molecule is Cc1cc(C)c2c(c1)[C@@H](NC(=O)CCNc1ncccn1)CCO2. The van der Waals surface area contributed by atoms with Crippen molar-refractivity contribution in [2.75, 3.05) is 18.5 Å². The minimum absolute atomic E-state index is 0.00725. The molecule has 1 aromatic carbocycles. The number of fused-ring (bicyclic) bond motifs is 1. The third-order valence-corrected chi connectivity index (χ3v) is 4.01. The maximum Gasteiger partial charge on any atom is 0.222 e. The monoisotopic (exact) mass is 326 g/mol. The molecule has 3 rings (SSSR count). The zero-order valence-corrected chi connectivity index (χ0v) is 14.0. The molecule has 0 fully saturated rings. The zero-order valence-electron chi connectivity index (χ0n) is 14.0. The van der Waals surface area contributed by atoms with E-state index in [1.54, 1.807) is 18.5 Å². The highest BCUT2D eigenvalue weighted by Crippen LogP contribution is 2.35. The molecule has 1 atom stereocenters. The number of carbonyl (C=O) groups excluding carboxylic acids is 1. The Labute approximate surface area is 141 Å². The minimum atomic E-state index is 0.00725. The quantitative estimate of drug-likeness (QED) is 0.883. The Kier molecular flexibility index (Phi) is 4.93. The Morgan fingerprint density at radius 2 is 2.08 bits per heavy atom. The van der Waals surface area contributed by atoms with Gasteiger partial charge in [0.1, 0.15) is 5.75 Å². The summed E-state index contributed by atoms with van der Waals surface area (Å²) in [5.41, 5.74) is 3.37. The standard InChI is InChI=1S/C18H22N4O2/c1-12-10-13(2)17-14(11-12)15(5-9-24-17)22-16(23)4-8-21-18-19-6-3-7-20-18/h3,6-7,10-11,15H,4-5,8-9H2,1-2H3,(H,22,23)(H,19,20,21)/t15-/m0/s1. The number of hydrogen-bond acceptors (Lipinski definition) is 5. The fourth-order valence-corrected chi connectivity index (χ4v) is 2.97.